The number of likely N-dealkylation sites (tertiary alicyclic amines) is 1. The highest BCUT2D eigenvalue weighted by Gasteiger charge is 2.56. The van der Waals surface area contributed by atoms with Gasteiger partial charge in [0.1, 0.15) is 35.0 Å². The summed E-state index contributed by atoms with van der Waals surface area (Å²) < 4.78 is 60.1. The number of carboxylic acid groups (broad SMARTS) is 1. The van der Waals surface area contributed by atoms with Crippen LogP contribution in [0, 0.1) is 11.2 Å². The Hall–Kier alpha value is -5.09. The molecule has 276 valence electrons. The van der Waals surface area contributed by atoms with E-state index in [1.807, 2.05) is 0 Å². The number of pyridine rings is 1. The number of carbonyl (C=O) groups is 5. The van der Waals surface area contributed by atoms with Gasteiger partial charge < -0.3 is 25.4 Å². The van der Waals surface area contributed by atoms with Gasteiger partial charge in [-0.25, -0.2) is 19.0 Å². The molecule has 0 spiro atoms. The lowest BCUT2D eigenvalue weighted by Gasteiger charge is -2.41. The molecule has 51 heavy (non-hydrogen) atoms. The number of halogens is 4. The first-order valence-electron chi connectivity index (χ1n) is 16.1. The SMILES string of the molecule is CC(C)(C)OC(=O)NC(C)(C)C(=O)NC(CCc1ccc(C(=O)O)c(F)c1)C(=O)N1CCC2=NN(CC(F)(F)F)C(=O)[C@]2(Cc2ccccn2)C1. The van der Waals surface area contributed by atoms with E-state index in [-0.39, 0.29) is 44.5 Å². The van der Waals surface area contributed by atoms with Gasteiger partial charge >= 0.3 is 18.2 Å². The molecule has 2 atom stereocenters. The molecule has 13 nitrogen and oxygen atoms in total. The van der Waals surface area contributed by atoms with Crippen molar-refractivity contribution < 1.29 is 51.4 Å². The first-order chi connectivity index (χ1) is 23.6. The summed E-state index contributed by atoms with van der Waals surface area (Å²) in [6.45, 7) is 5.61. The molecule has 3 N–H and O–H groups in total. The van der Waals surface area contributed by atoms with E-state index in [2.05, 4.69) is 20.7 Å². The Kier molecular flexibility index (Phi) is 11.1. The van der Waals surface area contributed by atoms with Crippen LogP contribution in [0.4, 0.5) is 22.4 Å². The lowest BCUT2D eigenvalue weighted by atomic mass is 9.74. The van der Waals surface area contributed by atoms with Crippen molar-refractivity contribution in [1.82, 2.24) is 25.5 Å². The summed E-state index contributed by atoms with van der Waals surface area (Å²) in [7, 11) is 0. The standard InChI is InChI=1S/C34H40F4N6O7/c1-31(2,3)51-30(50)41-32(4,5)28(48)40-24(12-10-20-9-11-22(27(46)47)23(35)16-20)26(45)43-15-13-25-33(18-43,17-21-8-6-7-14-39-21)29(49)44(42-25)19-34(36,37)38/h6-9,11,14,16,24H,10,12-13,15,17-19H2,1-5H3,(H,40,48)(H,41,50)(H,46,47)/t24?,33-/m1/s1. The molecular formula is C34H40F4N6O7. The average Bonchev–Trinajstić information content (AvgIpc) is 3.26. The minimum Gasteiger partial charge on any atom is -0.478 e. The maximum Gasteiger partial charge on any atom is 0.408 e. The van der Waals surface area contributed by atoms with Crippen LogP contribution in [-0.4, -0.2) is 98.5 Å². The van der Waals surface area contributed by atoms with Gasteiger partial charge in [0.2, 0.25) is 11.8 Å². The molecule has 0 saturated carbocycles. The molecule has 0 radical (unpaired) electrons. The molecule has 4 rings (SSSR count). The zero-order chi connectivity index (χ0) is 37.9. The first kappa shape index (κ1) is 38.7. The zero-order valence-electron chi connectivity index (χ0n) is 28.8. The molecule has 2 aliphatic rings. The van der Waals surface area contributed by atoms with Gasteiger partial charge in [-0.05, 0) is 77.3 Å². The van der Waals surface area contributed by atoms with E-state index < -0.39 is 76.5 Å². The number of amides is 4. The Bertz CT molecular complexity index is 1710. The van der Waals surface area contributed by atoms with Crippen LogP contribution in [0.3, 0.4) is 0 Å². The largest absolute Gasteiger partial charge is 0.478 e. The van der Waals surface area contributed by atoms with Crippen molar-refractivity contribution in [3.8, 4) is 0 Å². The number of alkyl carbamates (subject to hydrolysis) is 1. The third kappa shape index (κ3) is 9.58. The summed E-state index contributed by atoms with van der Waals surface area (Å²) in [5, 5.41) is 18.7. The highest BCUT2D eigenvalue weighted by atomic mass is 19.4. The van der Waals surface area contributed by atoms with Crippen molar-refractivity contribution in [1.29, 1.82) is 0 Å². The normalized spacial score (nSPS) is 18.5. The number of aryl methyl sites for hydroxylation is 1. The van der Waals surface area contributed by atoms with Crippen LogP contribution in [-0.2, 0) is 32.0 Å². The molecule has 1 fully saturated rings. The summed E-state index contributed by atoms with van der Waals surface area (Å²) >= 11 is 0. The number of carbonyl (C=O) groups excluding carboxylic acids is 4. The minimum atomic E-state index is -4.74. The topological polar surface area (TPSA) is 171 Å². The summed E-state index contributed by atoms with van der Waals surface area (Å²) in [6, 6.07) is 6.98. The summed E-state index contributed by atoms with van der Waals surface area (Å²) in [6.07, 6.45) is -4.54. The number of aromatic carboxylic acids is 1. The predicted octanol–water partition coefficient (Wildman–Crippen LogP) is 3.86. The van der Waals surface area contributed by atoms with Crippen LogP contribution in [0.25, 0.3) is 0 Å². The van der Waals surface area contributed by atoms with E-state index >= 15 is 0 Å². The number of hydrogen-bond acceptors (Lipinski definition) is 8. The van der Waals surface area contributed by atoms with Crippen molar-refractivity contribution in [3.63, 3.8) is 0 Å². The van der Waals surface area contributed by atoms with Crippen LogP contribution in [0.1, 0.15) is 69.1 Å². The summed E-state index contributed by atoms with van der Waals surface area (Å²) in [5.41, 5.74) is -3.86. The number of ether oxygens (including phenoxy) is 1. The number of hydrogen-bond donors (Lipinski definition) is 3. The Morgan fingerprint density at radius 2 is 1.78 bits per heavy atom. The fraction of sp³-hybridized carbons (Fsp3) is 0.500. The molecular weight excluding hydrogens is 680 g/mol. The molecule has 1 aromatic carbocycles. The Labute approximate surface area is 291 Å². The van der Waals surface area contributed by atoms with Crippen LogP contribution < -0.4 is 10.6 Å². The number of benzene rings is 1. The fourth-order valence-electron chi connectivity index (χ4n) is 5.89. The highest BCUT2D eigenvalue weighted by Crippen LogP contribution is 2.39. The average molecular weight is 721 g/mol. The lowest BCUT2D eigenvalue weighted by Crippen LogP contribution is -2.62. The molecule has 1 aromatic heterocycles. The quantitative estimate of drug-likeness (QED) is 0.294. The number of fused-ring (bicyclic) bond motifs is 1. The third-order valence-electron chi connectivity index (χ3n) is 8.34. The van der Waals surface area contributed by atoms with Crippen LogP contribution in [0.2, 0.25) is 0 Å². The second-order valence-electron chi connectivity index (χ2n) is 14.1. The second kappa shape index (κ2) is 14.6. The van der Waals surface area contributed by atoms with Crippen molar-refractivity contribution in [2.45, 2.75) is 83.7 Å². The van der Waals surface area contributed by atoms with Crippen molar-refractivity contribution in [3.05, 3.63) is 65.2 Å². The van der Waals surface area contributed by atoms with E-state index in [0.29, 0.717) is 16.3 Å². The molecule has 3 heterocycles. The first-order valence-corrected chi connectivity index (χ1v) is 16.1. The minimum absolute atomic E-state index is 0.0225. The maximum absolute atomic E-state index is 14.5. The monoisotopic (exact) mass is 720 g/mol. The number of rotatable bonds is 11. The van der Waals surface area contributed by atoms with E-state index in [4.69, 9.17) is 4.74 Å². The van der Waals surface area contributed by atoms with Gasteiger partial charge in [0.25, 0.3) is 5.91 Å². The molecule has 4 amide bonds. The van der Waals surface area contributed by atoms with E-state index in [1.165, 1.54) is 31.0 Å². The molecule has 0 aliphatic carbocycles. The van der Waals surface area contributed by atoms with E-state index in [9.17, 15) is 46.6 Å². The summed E-state index contributed by atoms with van der Waals surface area (Å²) in [5.74, 6) is -4.91. The molecule has 1 unspecified atom stereocenters. The van der Waals surface area contributed by atoms with Gasteiger partial charge in [-0.15, -0.1) is 0 Å². The van der Waals surface area contributed by atoms with Crippen LogP contribution in [0.5, 0.6) is 0 Å². The van der Waals surface area contributed by atoms with Crippen molar-refractivity contribution >= 4 is 35.5 Å². The smallest absolute Gasteiger partial charge is 0.408 e. The summed E-state index contributed by atoms with van der Waals surface area (Å²) in [4.78, 5) is 71.0. The van der Waals surface area contributed by atoms with E-state index in [1.54, 1.807) is 39.0 Å². The maximum atomic E-state index is 14.5. The number of carboxylic acids is 1. The molecule has 2 aliphatic heterocycles. The van der Waals surface area contributed by atoms with Gasteiger partial charge in [-0.2, -0.15) is 18.3 Å². The third-order valence-corrected chi connectivity index (χ3v) is 8.34. The zero-order valence-corrected chi connectivity index (χ0v) is 28.8. The van der Waals surface area contributed by atoms with Crippen LogP contribution >= 0.6 is 0 Å². The number of aromatic nitrogens is 1. The molecule has 17 heteroatoms. The second-order valence-corrected chi connectivity index (χ2v) is 14.1. The van der Waals surface area contributed by atoms with Gasteiger partial charge in [0.05, 0.1) is 11.3 Å². The number of hydrazone groups is 1. The Morgan fingerprint density at radius 3 is 2.37 bits per heavy atom. The number of piperidine rings is 1. The Morgan fingerprint density at radius 1 is 1.08 bits per heavy atom. The van der Waals surface area contributed by atoms with Gasteiger partial charge in [-0.1, -0.05) is 12.1 Å². The molecule has 0 bridgehead atoms. The van der Waals surface area contributed by atoms with Gasteiger partial charge in [-0.3, -0.25) is 19.4 Å². The lowest BCUT2D eigenvalue weighted by molar-refractivity contribution is -0.164. The fourth-order valence-corrected chi connectivity index (χ4v) is 5.89. The van der Waals surface area contributed by atoms with Crippen LogP contribution in [0.15, 0.2) is 47.7 Å². The Balaban J connectivity index is 1.64. The number of nitrogens with one attached hydrogen (secondary N) is 2. The van der Waals surface area contributed by atoms with Crippen molar-refractivity contribution in [2.75, 3.05) is 19.6 Å². The molecule has 2 aromatic rings. The number of alkyl halides is 3. The van der Waals surface area contributed by atoms with E-state index in [0.717, 1.165) is 12.1 Å². The van der Waals surface area contributed by atoms with Gasteiger partial charge in [0, 0.05) is 37.8 Å². The molecule has 1 saturated heterocycles. The highest BCUT2D eigenvalue weighted by molar-refractivity contribution is 6.14. The van der Waals surface area contributed by atoms with Crippen molar-refractivity contribution in [2.24, 2.45) is 10.5 Å². The number of nitrogens with zero attached hydrogens (tertiary/aromatic N) is 4. The predicted molar refractivity (Wildman–Crippen MR) is 174 cm³/mol. The van der Waals surface area contributed by atoms with Gasteiger partial charge in [0.15, 0.2) is 0 Å².